The van der Waals surface area contributed by atoms with Crippen molar-refractivity contribution in [3.63, 3.8) is 0 Å². The van der Waals surface area contributed by atoms with Gasteiger partial charge in [0.05, 0.1) is 18.6 Å². The highest BCUT2D eigenvalue weighted by molar-refractivity contribution is 7.91. The highest BCUT2D eigenvalue weighted by Crippen LogP contribution is 2.31. The van der Waals surface area contributed by atoms with Crippen LogP contribution in [0.4, 0.5) is 0 Å². The van der Waals surface area contributed by atoms with Crippen LogP contribution < -0.4 is 9.46 Å². The minimum atomic E-state index is -3.70. The number of hydrogen-bond donors (Lipinski definition) is 1. The van der Waals surface area contributed by atoms with E-state index in [-0.39, 0.29) is 23.1 Å². The van der Waals surface area contributed by atoms with E-state index in [0.717, 1.165) is 16.9 Å². The Morgan fingerprint density at radius 1 is 1.21 bits per heavy atom. The van der Waals surface area contributed by atoms with E-state index in [1.165, 1.54) is 12.1 Å². The van der Waals surface area contributed by atoms with Gasteiger partial charge in [-0.2, -0.15) is 0 Å². The second kappa shape index (κ2) is 8.55. The van der Waals surface area contributed by atoms with E-state index in [0.29, 0.717) is 16.4 Å². The molecule has 0 aliphatic carbocycles. The molecule has 0 atom stereocenters. The Morgan fingerprint density at radius 2 is 1.96 bits per heavy atom. The van der Waals surface area contributed by atoms with Gasteiger partial charge in [-0.1, -0.05) is 17.3 Å². The Balaban J connectivity index is 1.70. The molecule has 0 saturated heterocycles. The quantitative estimate of drug-likeness (QED) is 0.556. The average Bonchev–Trinajstić information content (AvgIpc) is 3.37. The van der Waals surface area contributed by atoms with E-state index in [9.17, 15) is 13.2 Å². The summed E-state index contributed by atoms with van der Waals surface area (Å²) < 4.78 is 42.8. The van der Waals surface area contributed by atoms with Crippen molar-refractivity contribution in [1.29, 1.82) is 0 Å². The number of methoxy groups -OCH3 is 1. The molecule has 3 aromatic rings. The van der Waals surface area contributed by atoms with Gasteiger partial charge >= 0.3 is 5.97 Å². The molecule has 0 bridgehead atoms. The second-order valence-corrected chi connectivity index (χ2v) is 8.67. The van der Waals surface area contributed by atoms with E-state index in [1.54, 1.807) is 44.4 Å². The number of thiophene rings is 1. The summed E-state index contributed by atoms with van der Waals surface area (Å²) in [4.78, 5) is 12.2. The van der Waals surface area contributed by atoms with Crippen molar-refractivity contribution in [3.05, 3.63) is 53.7 Å². The van der Waals surface area contributed by atoms with Crippen LogP contribution in [0.1, 0.15) is 23.0 Å². The number of nitrogens with zero attached hydrogens (tertiary/aromatic N) is 1. The Labute approximate surface area is 166 Å². The van der Waals surface area contributed by atoms with Crippen molar-refractivity contribution in [1.82, 2.24) is 9.88 Å². The lowest BCUT2D eigenvalue weighted by molar-refractivity contribution is 0.0514. The average molecular weight is 422 g/mol. The van der Waals surface area contributed by atoms with Gasteiger partial charge in [-0.25, -0.2) is 17.9 Å². The zero-order valence-electron chi connectivity index (χ0n) is 15.2. The maximum Gasteiger partial charge on any atom is 0.360 e. The molecule has 0 fully saturated rings. The van der Waals surface area contributed by atoms with Gasteiger partial charge in [-0.05, 0) is 36.8 Å². The maximum atomic E-state index is 12.5. The normalized spacial score (nSPS) is 11.4. The van der Waals surface area contributed by atoms with Crippen LogP contribution in [-0.2, 0) is 21.3 Å². The molecule has 3 rings (SSSR count). The fourth-order valence-electron chi connectivity index (χ4n) is 2.28. The van der Waals surface area contributed by atoms with E-state index in [1.807, 2.05) is 0 Å². The highest BCUT2D eigenvalue weighted by atomic mass is 32.2. The predicted molar refractivity (Wildman–Crippen MR) is 103 cm³/mol. The van der Waals surface area contributed by atoms with E-state index >= 15 is 0 Å². The molecule has 0 unspecified atom stereocenters. The molecule has 2 heterocycles. The second-order valence-electron chi connectivity index (χ2n) is 5.59. The minimum absolute atomic E-state index is 0.0345. The molecule has 8 nitrogen and oxygen atoms in total. The summed E-state index contributed by atoms with van der Waals surface area (Å²) in [6, 6.07) is 11.6. The highest BCUT2D eigenvalue weighted by Gasteiger charge is 2.20. The first-order valence-electron chi connectivity index (χ1n) is 8.29. The summed E-state index contributed by atoms with van der Waals surface area (Å²) in [6.45, 7) is 2.06. The summed E-state index contributed by atoms with van der Waals surface area (Å²) >= 11 is 1.02. The van der Waals surface area contributed by atoms with Gasteiger partial charge in [0.2, 0.25) is 10.0 Å². The first kappa shape index (κ1) is 20.1. The zero-order chi connectivity index (χ0) is 20.1. The minimum Gasteiger partial charge on any atom is -0.497 e. The molecular weight excluding hydrogens is 404 g/mol. The van der Waals surface area contributed by atoms with Crippen LogP contribution in [-0.4, -0.2) is 33.3 Å². The van der Waals surface area contributed by atoms with Crippen molar-refractivity contribution < 1.29 is 27.2 Å². The lowest BCUT2D eigenvalue weighted by atomic mass is 10.2. The topological polar surface area (TPSA) is 108 Å². The summed E-state index contributed by atoms with van der Waals surface area (Å²) in [7, 11) is -2.13. The van der Waals surface area contributed by atoms with Crippen LogP contribution in [0, 0.1) is 0 Å². The summed E-state index contributed by atoms with van der Waals surface area (Å²) in [5.74, 6) is 0.400. The Hall–Kier alpha value is -2.69. The SMILES string of the molecule is CCOC(=O)c1cc(-c2ccc(S(=O)(=O)NCc3ccc(OC)cc3)s2)on1. The Bertz CT molecular complexity index is 1050. The van der Waals surface area contributed by atoms with Crippen LogP contribution >= 0.6 is 11.3 Å². The van der Waals surface area contributed by atoms with Crippen molar-refractivity contribution in [2.45, 2.75) is 17.7 Å². The smallest absolute Gasteiger partial charge is 0.360 e. The first-order valence-corrected chi connectivity index (χ1v) is 10.6. The molecule has 1 aromatic carbocycles. The molecule has 0 spiro atoms. The van der Waals surface area contributed by atoms with Crippen molar-refractivity contribution >= 4 is 27.3 Å². The largest absolute Gasteiger partial charge is 0.497 e. The number of rotatable bonds is 8. The van der Waals surface area contributed by atoms with Crippen LogP contribution in [0.2, 0.25) is 0 Å². The standard InChI is InChI=1S/C18H18N2O6S2/c1-3-25-18(21)14-10-15(26-20-14)16-8-9-17(27-16)28(22,23)19-11-12-4-6-13(24-2)7-5-12/h4-10,19H,3,11H2,1-2H3. The fraction of sp³-hybridized carbons (Fsp3) is 0.222. The number of aromatic nitrogens is 1. The van der Waals surface area contributed by atoms with Crippen molar-refractivity contribution in [2.24, 2.45) is 0 Å². The number of hydrogen-bond acceptors (Lipinski definition) is 8. The van der Waals surface area contributed by atoms with Gasteiger partial charge in [0.25, 0.3) is 0 Å². The number of sulfonamides is 1. The van der Waals surface area contributed by atoms with Gasteiger partial charge in [-0.15, -0.1) is 11.3 Å². The Morgan fingerprint density at radius 3 is 2.64 bits per heavy atom. The predicted octanol–water partition coefficient (Wildman–Crippen LogP) is 3.07. The molecular formula is C18H18N2O6S2. The van der Waals surface area contributed by atoms with E-state index in [4.69, 9.17) is 14.0 Å². The molecule has 0 saturated carbocycles. The van der Waals surface area contributed by atoms with Gasteiger partial charge in [-0.3, -0.25) is 0 Å². The molecule has 148 valence electrons. The number of ether oxygens (including phenoxy) is 2. The number of carbonyl (C=O) groups excluding carboxylic acids is 1. The summed E-state index contributed by atoms with van der Waals surface area (Å²) in [5.41, 5.74) is 0.836. The van der Waals surface area contributed by atoms with Crippen LogP contribution in [0.15, 0.2) is 51.2 Å². The molecule has 1 N–H and O–H groups in total. The number of benzene rings is 1. The maximum absolute atomic E-state index is 12.5. The molecule has 0 aliphatic heterocycles. The number of carbonyl (C=O) groups is 1. The van der Waals surface area contributed by atoms with E-state index < -0.39 is 16.0 Å². The third kappa shape index (κ3) is 4.58. The molecule has 0 radical (unpaired) electrons. The molecule has 10 heteroatoms. The third-order valence-electron chi connectivity index (χ3n) is 3.71. The molecule has 28 heavy (non-hydrogen) atoms. The fourth-order valence-corrected chi connectivity index (χ4v) is 4.60. The third-order valence-corrected chi connectivity index (χ3v) is 6.70. The van der Waals surface area contributed by atoms with Crippen LogP contribution in [0.25, 0.3) is 10.6 Å². The summed E-state index contributed by atoms with van der Waals surface area (Å²) in [6.07, 6.45) is 0. The van der Waals surface area contributed by atoms with Gasteiger partial charge in [0, 0.05) is 12.6 Å². The van der Waals surface area contributed by atoms with Crippen LogP contribution in [0.5, 0.6) is 5.75 Å². The van der Waals surface area contributed by atoms with Crippen LogP contribution in [0.3, 0.4) is 0 Å². The lowest BCUT2D eigenvalue weighted by Crippen LogP contribution is -2.22. The monoisotopic (exact) mass is 422 g/mol. The van der Waals surface area contributed by atoms with Crippen molar-refractivity contribution in [2.75, 3.05) is 13.7 Å². The van der Waals surface area contributed by atoms with Gasteiger partial charge in [0.1, 0.15) is 9.96 Å². The Kier molecular flexibility index (Phi) is 6.12. The van der Waals surface area contributed by atoms with E-state index in [2.05, 4.69) is 9.88 Å². The first-order chi connectivity index (χ1) is 13.4. The molecule has 2 aromatic heterocycles. The summed E-state index contributed by atoms with van der Waals surface area (Å²) in [5, 5.41) is 3.65. The van der Waals surface area contributed by atoms with Gasteiger partial charge in [0.15, 0.2) is 11.5 Å². The molecule has 0 amide bonds. The van der Waals surface area contributed by atoms with Gasteiger partial charge < -0.3 is 14.0 Å². The molecule has 0 aliphatic rings. The number of esters is 1. The lowest BCUT2D eigenvalue weighted by Gasteiger charge is -2.06. The van der Waals surface area contributed by atoms with Crippen molar-refractivity contribution in [3.8, 4) is 16.4 Å². The number of nitrogens with one attached hydrogen (secondary N) is 1. The zero-order valence-corrected chi connectivity index (χ0v) is 16.8.